The first-order chi connectivity index (χ1) is 14.8. The fourth-order valence-electron chi connectivity index (χ4n) is 3.83. The lowest BCUT2D eigenvalue weighted by Crippen LogP contribution is -2.41. The Hall–Kier alpha value is -2.51. The molecule has 2 aromatic rings. The maximum atomic E-state index is 12.1. The molecular weight excluding hydrogens is 405 g/mol. The molecule has 2 aliphatic heterocycles. The number of hydrogen-bond acceptors (Lipinski definition) is 5. The quantitative estimate of drug-likeness (QED) is 0.653. The average molecular weight is 437 g/mol. The van der Waals surface area contributed by atoms with Crippen molar-refractivity contribution in [1.29, 1.82) is 0 Å². The summed E-state index contributed by atoms with van der Waals surface area (Å²) in [5.74, 6) is 1.56. The molecule has 0 saturated carbocycles. The second kappa shape index (κ2) is 7.82. The van der Waals surface area contributed by atoms with Crippen molar-refractivity contribution >= 4 is 24.4 Å². The van der Waals surface area contributed by atoms with Gasteiger partial charge < -0.3 is 18.8 Å². The number of fused-ring (bicyclic) bond motifs is 2. The lowest BCUT2D eigenvalue weighted by Gasteiger charge is -2.32. The Bertz CT molecular complexity index is 1030. The molecule has 32 heavy (non-hydrogen) atoms. The first-order valence-corrected chi connectivity index (χ1v) is 11.1. The molecule has 1 fully saturated rings. The van der Waals surface area contributed by atoms with Crippen LogP contribution in [0.2, 0.25) is 0 Å². The summed E-state index contributed by atoms with van der Waals surface area (Å²) in [5.41, 5.74) is 2.30. The predicted molar refractivity (Wildman–Crippen MR) is 126 cm³/mol. The molecule has 1 amide bonds. The molecule has 2 heterocycles. The number of rotatable bonds is 2. The number of carbonyl (C=O) groups excluding carboxylic acids is 1. The van der Waals surface area contributed by atoms with Gasteiger partial charge in [0.25, 0.3) is 0 Å². The Kier molecular flexibility index (Phi) is 5.54. The number of amides is 1. The molecule has 2 aromatic carbocycles. The van der Waals surface area contributed by atoms with Gasteiger partial charge in [0.1, 0.15) is 17.1 Å². The standard InChI is InChI=1S/C25H32BNO5/c1-23(2,3)30-22(28)27-18-13-14-20-17(15-18)12-11-16-9-8-10-19(21(16)29-20)26-31-24(4,5)25(6,7)32-26/h8-10,13-15H,11-12H2,1-7H3,(H,27,28). The predicted octanol–water partition coefficient (Wildman–Crippen LogP) is 5.22. The summed E-state index contributed by atoms with van der Waals surface area (Å²) in [6.45, 7) is 13.7. The van der Waals surface area contributed by atoms with E-state index in [0.29, 0.717) is 5.69 Å². The summed E-state index contributed by atoms with van der Waals surface area (Å²) >= 11 is 0. The molecule has 0 aliphatic carbocycles. The van der Waals surface area contributed by atoms with Crippen molar-refractivity contribution in [1.82, 2.24) is 0 Å². The van der Waals surface area contributed by atoms with E-state index in [1.165, 1.54) is 0 Å². The largest absolute Gasteiger partial charge is 0.498 e. The van der Waals surface area contributed by atoms with Crippen molar-refractivity contribution in [2.75, 3.05) is 5.32 Å². The molecule has 0 aromatic heterocycles. The van der Waals surface area contributed by atoms with E-state index in [1.807, 2.05) is 78.8 Å². The summed E-state index contributed by atoms with van der Waals surface area (Å²) < 4.78 is 24.3. The number of carbonyl (C=O) groups is 1. The number of anilines is 1. The van der Waals surface area contributed by atoms with Gasteiger partial charge in [-0.1, -0.05) is 18.2 Å². The highest BCUT2D eigenvalue weighted by Gasteiger charge is 2.52. The van der Waals surface area contributed by atoms with Gasteiger partial charge in [-0.3, -0.25) is 5.32 Å². The van der Waals surface area contributed by atoms with Crippen LogP contribution in [0.3, 0.4) is 0 Å². The van der Waals surface area contributed by atoms with Crippen molar-refractivity contribution in [2.24, 2.45) is 0 Å². The summed E-state index contributed by atoms with van der Waals surface area (Å²) in [7, 11) is -0.496. The van der Waals surface area contributed by atoms with E-state index in [4.69, 9.17) is 18.8 Å². The van der Waals surface area contributed by atoms with E-state index >= 15 is 0 Å². The van der Waals surface area contributed by atoms with Crippen LogP contribution in [0.1, 0.15) is 59.6 Å². The van der Waals surface area contributed by atoms with Gasteiger partial charge in [0.15, 0.2) is 0 Å². The van der Waals surface area contributed by atoms with Crippen molar-refractivity contribution in [3.63, 3.8) is 0 Å². The number of nitrogens with one attached hydrogen (secondary N) is 1. The molecular formula is C25H32BNO5. The average Bonchev–Trinajstić information content (AvgIpc) is 2.78. The molecule has 0 bridgehead atoms. The van der Waals surface area contributed by atoms with Crippen LogP contribution in [0.4, 0.5) is 10.5 Å². The third-order valence-corrected chi connectivity index (χ3v) is 6.22. The highest BCUT2D eigenvalue weighted by Crippen LogP contribution is 2.39. The van der Waals surface area contributed by atoms with E-state index < -0.39 is 30.0 Å². The van der Waals surface area contributed by atoms with Crippen LogP contribution in [0.5, 0.6) is 11.5 Å². The molecule has 7 heteroatoms. The van der Waals surface area contributed by atoms with E-state index in [0.717, 1.165) is 40.9 Å². The molecule has 2 aliphatic rings. The number of hydrogen-bond donors (Lipinski definition) is 1. The molecule has 0 atom stereocenters. The van der Waals surface area contributed by atoms with Crippen molar-refractivity contribution in [3.8, 4) is 11.5 Å². The van der Waals surface area contributed by atoms with E-state index in [1.54, 1.807) is 0 Å². The normalized spacial score (nSPS) is 18.8. The minimum absolute atomic E-state index is 0.425. The number of benzene rings is 2. The molecule has 1 saturated heterocycles. The zero-order valence-corrected chi connectivity index (χ0v) is 20.0. The smallest absolute Gasteiger partial charge is 0.457 e. The van der Waals surface area contributed by atoms with Gasteiger partial charge in [0.2, 0.25) is 0 Å². The van der Waals surface area contributed by atoms with Gasteiger partial charge in [-0.05, 0) is 90.6 Å². The maximum Gasteiger partial charge on any atom is 0.498 e. The van der Waals surface area contributed by atoms with E-state index in [9.17, 15) is 4.79 Å². The second-order valence-corrected chi connectivity index (χ2v) is 10.5. The summed E-state index contributed by atoms with van der Waals surface area (Å²) in [6, 6.07) is 11.8. The van der Waals surface area contributed by atoms with Crippen molar-refractivity contribution < 1.29 is 23.6 Å². The minimum Gasteiger partial charge on any atom is -0.457 e. The highest BCUT2D eigenvalue weighted by molar-refractivity contribution is 6.63. The van der Waals surface area contributed by atoms with Crippen LogP contribution < -0.4 is 15.5 Å². The Morgan fingerprint density at radius 1 is 1.00 bits per heavy atom. The minimum atomic E-state index is -0.551. The van der Waals surface area contributed by atoms with Crippen LogP contribution >= 0.6 is 0 Å². The number of ether oxygens (including phenoxy) is 2. The topological polar surface area (TPSA) is 66.0 Å². The Balaban J connectivity index is 1.59. The van der Waals surface area contributed by atoms with Gasteiger partial charge >= 0.3 is 13.2 Å². The van der Waals surface area contributed by atoms with Gasteiger partial charge in [0.05, 0.1) is 11.2 Å². The zero-order valence-electron chi connectivity index (χ0n) is 20.0. The van der Waals surface area contributed by atoms with Crippen LogP contribution in [0.15, 0.2) is 36.4 Å². The van der Waals surface area contributed by atoms with E-state index in [-0.39, 0.29) is 0 Å². The Morgan fingerprint density at radius 3 is 2.31 bits per heavy atom. The molecule has 170 valence electrons. The highest BCUT2D eigenvalue weighted by atomic mass is 16.7. The first-order valence-electron chi connectivity index (χ1n) is 11.1. The molecule has 0 radical (unpaired) electrons. The van der Waals surface area contributed by atoms with Gasteiger partial charge in [-0.25, -0.2) is 4.79 Å². The molecule has 1 N–H and O–H groups in total. The maximum absolute atomic E-state index is 12.1. The fraction of sp³-hybridized carbons (Fsp3) is 0.480. The number of aryl methyl sites for hydroxylation is 2. The van der Waals surface area contributed by atoms with Crippen LogP contribution in [0.25, 0.3) is 0 Å². The molecule has 4 rings (SSSR count). The zero-order chi connectivity index (χ0) is 23.3. The first kappa shape index (κ1) is 22.7. The SMILES string of the molecule is CC(C)(C)OC(=O)Nc1ccc2c(c1)CCc1cccc(B3OC(C)(C)C(C)(C)O3)c1O2. The molecule has 0 spiro atoms. The monoisotopic (exact) mass is 437 g/mol. The van der Waals surface area contributed by atoms with Crippen LogP contribution in [-0.2, 0) is 26.9 Å². The second-order valence-electron chi connectivity index (χ2n) is 10.5. The van der Waals surface area contributed by atoms with Crippen molar-refractivity contribution in [3.05, 3.63) is 47.5 Å². The lowest BCUT2D eigenvalue weighted by molar-refractivity contribution is 0.00578. The van der Waals surface area contributed by atoms with Gasteiger partial charge in [-0.2, -0.15) is 0 Å². The lowest BCUT2D eigenvalue weighted by atomic mass is 9.77. The van der Waals surface area contributed by atoms with E-state index in [2.05, 4.69) is 11.4 Å². The third-order valence-electron chi connectivity index (χ3n) is 6.22. The van der Waals surface area contributed by atoms with Gasteiger partial charge in [-0.15, -0.1) is 0 Å². The molecule has 6 nitrogen and oxygen atoms in total. The van der Waals surface area contributed by atoms with Crippen LogP contribution in [-0.4, -0.2) is 30.0 Å². The third kappa shape index (κ3) is 4.50. The fourth-order valence-corrected chi connectivity index (χ4v) is 3.83. The van der Waals surface area contributed by atoms with Crippen molar-refractivity contribution in [2.45, 2.75) is 78.1 Å². The van der Waals surface area contributed by atoms with Crippen LogP contribution in [0, 0.1) is 0 Å². The Morgan fingerprint density at radius 2 is 1.66 bits per heavy atom. The summed E-state index contributed by atoms with van der Waals surface area (Å²) in [5, 5.41) is 2.81. The summed E-state index contributed by atoms with van der Waals surface area (Å²) in [6.07, 6.45) is 1.13. The summed E-state index contributed by atoms with van der Waals surface area (Å²) in [4.78, 5) is 12.1. The Labute approximate surface area is 190 Å². The molecule has 0 unspecified atom stereocenters. The number of para-hydroxylation sites is 1. The van der Waals surface area contributed by atoms with Gasteiger partial charge in [0, 0.05) is 11.2 Å².